The molecular formula is C22H26N2S. The summed E-state index contributed by atoms with van der Waals surface area (Å²) in [5, 5.41) is 0.523. The fourth-order valence-corrected chi connectivity index (χ4v) is 4.38. The SMILES string of the molecule is Cc1ccc(CCC(Cn2ccnc2)Sc2c(C)cccc2C)cc1. The summed E-state index contributed by atoms with van der Waals surface area (Å²) in [7, 11) is 0. The summed E-state index contributed by atoms with van der Waals surface area (Å²) < 4.78 is 2.19. The van der Waals surface area contributed by atoms with Gasteiger partial charge in [-0.3, -0.25) is 0 Å². The molecule has 3 rings (SSSR count). The van der Waals surface area contributed by atoms with Crippen LogP contribution in [0.1, 0.15) is 28.7 Å². The molecule has 0 aliphatic carbocycles. The zero-order valence-corrected chi connectivity index (χ0v) is 16.1. The van der Waals surface area contributed by atoms with E-state index >= 15 is 0 Å². The molecule has 0 saturated heterocycles. The number of thioether (sulfide) groups is 1. The van der Waals surface area contributed by atoms with Crippen molar-refractivity contribution in [3.05, 3.63) is 83.4 Å². The fraction of sp³-hybridized carbons (Fsp3) is 0.318. The minimum atomic E-state index is 0.523. The van der Waals surface area contributed by atoms with Gasteiger partial charge in [0.15, 0.2) is 0 Å². The minimum Gasteiger partial charge on any atom is -0.336 e. The van der Waals surface area contributed by atoms with Crippen molar-refractivity contribution in [2.45, 2.75) is 50.3 Å². The Kier molecular flexibility index (Phi) is 5.98. The van der Waals surface area contributed by atoms with Crippen LogP contribution in [0.2, 0.25) is 0 Å². The van der Waals surface area contributed by atoms with Gasteiger partial charge in [0.1, 0.15) is 0 Å². The monoisotopic (exact) mass is 350 g/mol. The van der Waals surface area contributed by atoms with E-state index in [1.807, 2.05) is 24.3 Å². The number of hydrogen-bond acceptors (Lipinski definition) is 2. The van der Waals surface area contributed by atoms with Crippen LogP contribution >= 0.6 is 11.8 Å². The molecular weight excluding hydrogens is 324 g/mol. The normalized spacial score (nSPS) is 12.3. The van der Waals surface area contributed by atoms with Crippen molar-refractivity contribution in [3.63, 3.8) is 0 Å². The zero-order valence-electron chi connectivity index (χ0n) is 15.3. The van der Waals surface area contributed by atoms with Crippen LogP contribution in [0.4, 0.5) is 0 Å². The van der Waals surface area contributed by atoms with Crippen LogP contribution in [0.3, 0.4) is 0 Å². The first-order valence-electron chi connectivity index (χ1n) is 8.86. The van der Waals surface area contributed by atoms with Gasteiger partial charge < -0.3 is 4.57 Å². The third kappa shape index (κ3) is 4.99. The molecule has 0 amide bonds. The highest BCUT2D eigenvalue weighted by atomic mass is 32.2. The third-order valence-electron chi connectivity index (χ3n) is 4.54. The van der Waals surface area contributed by atoms with Crippen molar-refractivity contribution in [1.82, 2.24) is 9.55 Å². The molecule has 1 heterocycles. The van der Waals surface area contributed by atoms with Gasteiger partial charge in [0, 0.05) is 29.1 Å². The lowest BCUT2D eigenvalue weighted by atomic mass is 10.1. The van der Waals surface area contributed by atoms with E-state index in [2.05, 4.69) is 79.0 Å². The molecule has 25 heavy (non-hydrogen) atoms. The molecule has 1 aromatic heterocycles. The average molecular weight is 351 g/mol. The Morgan fingerprint density at radius 3 is 2.36 bits per heavy atom. The topological polar surface area (TPSA) is 17.8 Å². The largest absolute Gasteiger partial charge is 0.336 e. The van der Waals surface area contributed by atoms with Gasteiger partial charge in [-0.15, -0.1) is 11.8 Å². The summed E-state index contributed by atoms with van der Waals surface area (Å²) in [6, 6.07) is 15.5. The molecule has 3 aromatic rings. The molecule has 2 nitrogen and oxygen atoms in total. The van der Waals surface area contributed by atoms with Gasteiger partial charge in [-0.25, -0.2) is 4.98 Å². The Labute approximate surface area is 155 Å². The van der Waals surface area contributed by atoms with E-state index < -0.39 is 0 Å². The number of aromatic nitrogens is 2. The number of nitrogens with zero attached hydrogens (tertiary/aromatic N) is 2. The van der Waals surface area contributed by atoms with E-state index in [0.717, 1.165) is 19.4 Å². The van der Waals surface area contributed by atoms with Crippen LogP contribution < -0.4 is 0 Å². The lowest BCUT2D eigenvalue weighted by Gasteiger charge is -2.20. The van der Waals surface area contributed by atoms with Crippen LogP contribution in [0.5, 0.6) is 0 Å². The maximum absolute atomic E-state index is 4.20. The maximum atomic E-state index is 4.20. The molecule has 0 aliphatic rings. The van der Waals surface area contributed by atoms with Gasteiger partial charge in [-0.05, 0) is 50.3 Å². The predicted molar refractivity (Wildman–Crippen MR) is 107 cm³/mol. The molecule has 2 aromatic carbocycles. The van der Waals surface area contributed by atoms with Gasteiger partial charge >= 0.3 is 0 Å². The summed E-state index contributed by atoms with van der Waals surface area (Å²) in [6.45, 7) is 7.56. The molecule has 3 heteroatoms. The Balaban J connectivity index is 1.73. The highest BCUT2D eigenvalue weighted by Crippen LogP contribution is 2.32. The van der Waals surface area contributed by atoms with Crippen molar-refractivity contribution >= 4 is 11.8 Å². The third-order valence-corrected chi connectivity index (χ3v) is 6.14. The molecule has 0 aliphatic heterocycles. The lowest BCUT2D eigenvalue weighted by molar-refractivity contribution is 0.623. The van der Waals surface area contributed by atoms with E-state index in [4.69, 9.17) is 0 Å². The molecule has 0 N–H and O–H groups in total. The van der Waals surface area contributed by atoms with Crippen LogP contribution in [0.25, 0.3) is 0 Å². The fourth-order valence-electron chi connectivity index (χ4n) is 3.05. The van der Waals surface area contributed by atoms with E-state index in [-0.39, 0.29) is 0 Å². The van der Waals surface area contributed by atoms with Crippen LogP contribution in [-0.4, -0.2) is 14.8 Å². The summed E-state index contributed by atoms with van der Waals surface area (Å²) in [5.41, 5.74) is 5.49. The smallest absolute Gasteiger partial charge is 0.0946 e. The zero-order chi connectivity index (χ0) is 17.6. The minimum absolute atomic E-state index is 0.523. The Hall–Kier alpha value is -2.00. The lowest BCUT2D eigenvalue weighted by Crippen LogP contribution is -2.13. The van der Waals surface area contributed by atoms with Gasteiger partial charge in [-0.1, -0.05) is 48.0 Å². The molecule has 130 valence electrons. The predicted octanol–water partition coefficient (Wildman–Crippen LogP) is 5.60. The summed E-state index contributed by atoms with van der Waals surface area (Å²) in [4.78, 5) is 5.63. The van der Waals surface area contributed by atoms with Crippen LogP contribution in [-0.2, 0) is 13.0 Å². The standard InChI is InChI=1S/C22H26N2S/c1-17-7-9-20(10-8-17)11-12-21(15-24-14-13-23-16-24)25-22-18(2)5-4-6-19(22)3/h4-10,13-14,16,21H,11-12,15H2,1-3H3. The first-order chi connectivity index (χ1) is 12.1. The molecule has 0 fully saturated rings. The van der Waals surface area contributed by atoms with Crippen molar-refractivity contribution in [3.8, 4) is 0 Å². The van der Waals surface area contributed by atoms with Crippen molar-refractivity contribution in [1.29, 1.82) is 0 Å². The first kappa shape index (κ1) is 17.8. The molecule has 1 unspecified atom stereocenters. The van der Waals surface area contributed by atoms with E-state index in [1.54, 1.807) is 0 Å². The van der Waals surface area contributed by atoms with Gasteiger partial charge in [0.2, 0.25) is 0 Å². The van der Waals surface area contributed by atoms with E-state index in [0.29, 0.717) is 5.25 Å². The van der Waals surface area contributed by atoms with Crippen LogP contribution in [0, 0.1) is 20.8 Å². The number of hydrogen-bond donors (Lipinski definition) is 0. The number of imidazole rings is 1. The first-order valence-corrected chi connectivity index (χ1v) is 9.74. The Morgan fingerprint density at radius 1 is 1.00 bits per heavy atom. The highest BCUT2D eigenvalue weighted by molar-refractivity contribution is 8.00. The molecule has 1 atom stereocenters. The number of aryl methyl sites for hydroxylation is 4. The van der Waals surface area contributed by atoms with Gasteiger partial charge in [-0.2, -0.15) is 0 Å². The van der Waals surface area contributed by atoms with Crippen molar-refractivity contribution in [2.24, 2.45) is 0 Å². The molecule has 0 saturated carbocycles. The van der Waals surface area contributed by atoms with Crippen molar-refractivity contribution < 1.29 is 0 Å². The van der Waals surface area contributed by atoms with Crippen molar-refractivity contribution in [2.75, 3.05) is 0 Å². The van der Waals surface area contributed by atoms with Gasteiger partial charge in [0.05, 0.1) is 6.33 Å². The number of benzene rings is 2. The van der Waals surface area contributed by atoms with E-state index in [1.165, 1.54) is 27.1 Å². The maximum Gasteiger partial charge on any atom is 0.0946 e. The number of rotatable bonds is 7. The second-order valence-electron chi connectivity index (χ2n) is 6.74. The highest BCUT2D eigenvalue weighted by Gasteiger charge is 2.14. The summed E-state index contributed by atoms with van der Waals surface area (Å²) >= 11 is 2.01. The summed E-state index contributed by atoms with van der Waals surface area (Å²) in [6.07, 6.45) is 8.10. The van der Waals surface area contributed by atoms with E-state index in [9.17, 15) is 0 Å². The van der Waals surface area contributed by atoms with Gasteiger partial charge in [0.25, 0.3) is 0 Å². The average Bonchev–Trinajstić information content (AvgIpc) is 3.10. The van der Waals surface area contributed by atoms with Crippen LogP contribution in [0.15, 0.2) is 66.1 Å². The summed E-state index contributed by atoms with van der Waals surface area (Å²) in [5.74, 6) is 0. The quantitative estimate of drug-likeness (QED) is 0.516. The molecule has 0 spiro atoms. The second kappa shape index (κ2) is 8.39. The Morgan fingerprint density at radius 2 is 1.72 bits per heavy atom. The molecule has 0 radical (unpaired) electrons. The molecule has 0 bridgehead atoms. The second-order valence-corrected chi connectivity index (χ2v) is 8.06. The Bertz CT molecular complexity index is 771.